The number of hydrogen-bond acceptors (Lipinski definition) is 6. The number of imidazole rings is 1. The summed E-state index contributed by atoms with van der Waals surface area (Å²) in [4.78, 5) is 21.6. The van der Waals surface area contributed by atoms with Gasteiger partial charge in [-0.15, -0.1) is 0 Å². The van der Waals surface area contributed by atoms with Gasteiger partial charge in [0.05, 0.1) is 22.8 Å². The van der Waals surface area contributed by atoms with Crippen molar-refractivity contribution in [3.63, 3.8) is 0 Å². The molecule has 0 aliphatic rings. The molecule has 6 aromatic rings. The molecule has 5 heterocycles. The fraction of sp³-hybridized carbons (Fsp3) is 0.107. The molecule has 0 unspecified atom stereocenters. The van der Waals surface area contributed by atoms with Crippen molar-refractivity contribution in [2.24, 2.45) is 5.92 Å². The molecule has 182 valence electrons. The third-order valence-corrected chi connectivity index (χ3v) is 6.48. The van der Waals surface area contributed by atoms with Crippen LogP contribution in [0.3, 0.4) is 0 Å². The Kier molecular flexibility index (Phi) is 5.65. The van der Waals surface area contributed by atoms with Gasteiger partial charge in [0.15, 0.2) is 17.1 Å². The zero-order valence-electron chi connectivity index (χ0n) is 20.2. The van der Waals surface area contributed by atoms with Crippen molar-refractivity contribution in [2.45, 2.75) is 13.8 Å². The molecule has 0 amide bonds. The molecule has 0 radical (unpaired) electrons. The highest BCUT2D eigenvalue weighted by atomic mass is 35.5. The first-order chi connectivity index (χ1) is 18.0. The van der Waals surface area contributed by atoms with Crippen LogP contribution in [0.15, 0.2) is 79.5 Å². The number of nitrogens with zero attached hydrogens (tertiary/aromatic N) is 5. The smallest absolute Gasteiger partial charge is 0.181 e. The molecule has 8 nitrogen and oxygen atoms in total. The second kappa shape index (κ2) is 9.15. The van der Waals surface area contributed by atoms with Crippen molar-refractivity contribution in [3.05, 3.63) is 84.6 Å². The molecule has 0 aliphatic heterocycles. The zero-order chi connectivity index (χ0) is 25.5. The summed E-state index contributed by atoms with van der Waals surface area (Å²) < 4.78 is 0. The highest BCUT2D eigenvalue weighted by Crippen LogP contribution is 2.33. The number of fused-ring (bicyclic) bond motifs is 2. The Morgan fingerprint density at radius 1 is 0.973 bits per heavy atom. The van der Waals surface area contributed by atoms with E-state index in [1.54, 1.807) is 18.6 Å². The van der Waals surface area contributed by atoms with Gasteiger partial charge >= 0.3 is 0 Å². The summed E-state index contributed by atoms with van der Waals surface area (Å²) in [5, 5.41) is 12.3. The molecular weight excluding hydrogens is 484 g/mol. The third-order valence-electron chi connectivity index (χ3n) is 6.25. The van der Waals surface area contributed by atoms with Crippen molar-refractivity contribution in [1.29, 1.82) is 0 Å². The monoisotopic (exact) mass is 506 g/mol. The van der Waals surface area contributed by atoms with Gasteiger partial charge in [-0.05, 0) is 41.8 Å². The molecule has 0 saturated heterocycles. The van der Waals surface area contributed by atoms with E-state index < -0.39 is 0 Å². The summed E-state index contributed by atoms with van der Waals surface area (Å²) >= 11 is 6.24. The fourth-order valence-corrected chi connectivity index (χ4v) is 4.35. The van der Waals surface area contributed by atoms with E-state index in [0.29, 0.717) is 28.1 Å². The Hall–Kier alpha value is -4.56. The van der Waals surface area contributed by atoms with Gasteiger partial charge in [-0.1, -0.05) is 44.2 Å². The number of anilines is 1. The number of aromatic nitrogens is 7. The van der Waals surface area contributed by atoms with Gasteiger partial charge in [0.2, 0.25) is 0 Å². The number of benzene rings is 1. The lowest BCUT2D eigenvalue weighted by Crippen LogP contribution is -2.04. The SMILES string of the molecule is C=C(Nc1cncc(-c2cnc3n[nH]c(-c4nc5nccc(-c6cccc(Cl)c6)c5[nH]4)c3c2)c1)C(C)C. The van der Waals surface area contributed by atoms with Gasteiger partial charge in [-0.2, -0.15) is 5.10 Å². The molecule has 37 heavy (non-hydrogen) atoms. The van der Waals surface area contributed by atoms with E-state index in [9.17, 15) is 0 Å². The Balaban J connectivity index is 1.41. The Labute approximate surface area is 217 Å². The highest BCUT2D eigenvalue weighted by molar-refractivity contribution is 6.30. The topological polar surface area (TPSA) is 108 Å². The van der Waals surface area contributed by atoms with Crippen molar-refractivity contribution in [1.82, 2.24) is 35.1 Å². The van der Waals surface area contributed by atoms with Crippen LogP contribution in [0, 0.1) is 5.92 Å². The van der Waals surface area contributed by atoms with Crippen LogP contribution in [-0.2, 0) is 0 Å². The molecule has 0 spiro atoms. The number of nitrogens with one attached hydrogen (secondary N) is 3. The number of rotatable bonds is 6. The summed E-state index contributed by atoms with van der Waals surface area (Å²) in [6, 6.07) is 13.7. The highest BCUT2D eigenvalue weighted by Gasteiger charge is 2.17. The van der Waals surface area contributed by atoms with Crippen LogP contribution in [0.1, 0.15) is 13.8 Å². The number of halogens is 1. The molecule has 1 aromatic carbocycles. The molecular formula is C28H23ClN8. The van der Waals surface area contributed by atoms with Crippen molar-refractivity contribution < 1.29 is 0 Å². The number of allylic oxidation sites excluding steroid dienone is 1. The normalized spacial score (nSPS) is 11.5. The third kappa shape index (κ3) is 4.32. The van der Waals surface area contributed by atoms with Crippen molar-refractivity contribution in [3.8, 4) is 33.8 Å². The molecule has 3 N–H and O–H groups in total. The van der Waals surface area contributed by atoms with Crippen LogP contribution >= 0.6 is 11.6 Å². The van der Waals surface area contributed by atoms with Crippen LogP contribution in [0.4, 0.5) is 5.69 Å². The predicted octanol–water partition coefficient (Wildman–Crippen LogP) is 6.86. The van der Waals surface area contributed by atoms with Crippen LogP contribution in [0.25, 0.3) is 56.0 Å². The average Bonchev–Trinajstić information content (AvgIpc) is 3.52. The first kappa shape index (κ1) is 22.9. The number of H-pyrrole nitrogens is 2. The van der Waals surface area contributed by atoms with E-state index >= 15 is 0 Å². The van der Waals surface area contributed by atoms with Gasteiger partial charge in [0.25, 0.3) is 0 Å². The Morgan fingerprint density at radius 2 is 1.84 bits per heavy atom. The van der Waals surface area contributed by atoms with Gasteiger partial charge in [-0.3, -0.25) is 10.1 Å². The first-order valence-electron chi connectivity index (χ1n) is 11.8. The summed E-state index contributed by atoms with van der Waals surface area (Å²) in [6.07, 6.45) is 7.14. The maximum atomic E-state index is 6.24. The summed E-state index contributed by atoms with van der Waals surface area (Å²) in [5.41, 5.74) is 8.34. The lowest BCUT2D eigenvalue weighted by molar-refractivity contribution is 0.778. The summed E-state index contributed by atoms with van der Waals surface area (Å²) in [7, 11) is 0. The van der Waals surface area contributed by atoms with E-state index in [4.69, 9.17) is 16.6 Å². The molecule has 9 heteroatoms. The second-order valence-corrected chi connectivity index (χ2v) is 9.55. The number of pyridine rings is 3. The van der Waals surface area contributed by atoms with E-state index in [0.717, 1.165) is 50.2 Å². The molecule has 0 aliphatic carbocycles. The predicted molar refractivity (Wildman–Crippen MR) is 148 cm³/mol. The molecule has 5 aromatic heterocycles. The van der Waals surface area contributed by atoms with E-state index in [2.05, 4.69) is 55.9 Å². The standard InChI is InChI=1S/C28H23ClN8/c1-15(2)16(3)33-21-10-18(12-30-14-21)19-11-23-25(36-37-26(23)32-13-19)28-34-24-22(7-8-31-27(24)35-28)17-5-4-6-20(29)9-17/h4-15,33H,3H2,1-2H3,(H,31,34,35)(H,32,36,37). The van der Waals surface area contributed by atoms with E-state index in [1.165, 1.54) is 0 Å². The second-order valence-electron chi connectivity index (χ2n) is 9.11. The minimum Gasteiger partial charge on any atom is -0.358 e. The van der Waals surface area contributed by atoms with E-state index in [1.807, 2.05) is 48.7 Å². The summed E-state index contributed by atoms with van der Waals surface area (Å²) in [5.74, 6) is 0.938. The molecule has 0 atom stereocenters. The fourth-order valence-electron chi connectivity index (χ4n) is 4.16. The van der Waals surface area contributed by atoms with Crippen molar-refractivity contribution >= 4 is 39.5 Å². The Morgan fingerprint density at radius 3 is 2.68 bits per heavy atom. The van der Waals surface area contributed by atoms with Crippen LogP contribution < -0.4 is 5.32 Å². The number of hydrogen-bond donors (Lipinski definition) is 3. The van der Waals surface area contributed by atoms with Gasteiger partial charge < -0.3 is 10.3 Å². The lowest BCUT2D eigenvalue weighted by Gasteiger charge is -2.13. The van der Waals surface area contributed by atoms with Crippen LogP contribution in [-0.4, -0.2) is 35.1 Å². The van der Waals surface area contributed by atoms with Crippen LogP contribution in [0.2, 0.25) is 5.02 Å². The van der Waals surface area contributed by atoms with Crippen LogP contribution in [0.5, 0.6) is 0 Å². The number of aromatic amines is 2. The first-order valence-corrected chi connectivity index (χ1v) is 12.2. The van der Waals surface area contributed by atoms with Crippen molar-refractivity contribution in [2.75, 3.05) is 5.32 Å². The molecule has 0 bridgehead atoms. The van der Waals surface area contributed by atoms with E-state index in [-0.39, 0.29) is 0 Å². The molecule has 0 fully saturated rings. The summed E-state index contributed by atoms with van der Waals surface area (Å²) in [6.45, 7) is 8.28. The minimum absolute atomic E-state index is 0.313. The molecule has 6 rings (SSSR count). The average molecular weight is 507 g/mol. The maximum absolute atomic E-state index is 6.24. The van der Waals surface area contributed by atoms with Gasteiger partial charge in [-0.25, -0.2) is 15.0 Å². The maximum Gasteiger partial charge on any atom is 0.181 e. The van der Waals surface area contributed by atoms with Gasteiger partial charge in [0, 0.05) is 46.0 Å². The van der Waals surface area contributed by atoms with Gasteiger partial charge in [0.1, 0.15) is 5.69 Å². The minimum atomic E-state index is 0.313. The zero-order valence-corrected chi connectivity index (χ0v) is 21.0. The largest absolute Gasteiger partial charge is 0.358 e. The Bertz CT molecular complexity index is 1780. The molecule has 0 saturated carbocycles. The quantitative estimate of drug-likeness (QED) is 0.228. The lowest BCUT2D eigenvalue weighted by atomic mass is 10.1.